The molecule has 11 heteroatoms. The molecule has 1 saturated heterocycles. The summed E-state index contributed by atoms with van der Waals surface area (Å²) in [7, 11) is -1.52. The molecule has 0 unspecified atom stereocenters. The fourth-order valence-electron chi connectivity index (χ4n) is 4.34. The Morgan fingerprint density at radius 2 is 1.85 bits per heavy atom. The summed E-state index contributed by atoms with van der Waals surface area (Å²) < 4.78 is 52.9. The first kappa shape index (κ1) is 24.1. The van der Waals surface area contributed by atoms with E-state index in [2.05, 4.69) is 15.4 Å². The highest BCUT2D eigenvalue weighted by atomic mass is 32.2. The van der Waals surface area contributed by atoms with Crippen LogP contribution in [0.4, 0.5) is 20.4 Å². The van der Waals surface area contributed by atoms with Gasteiger partial charge in [-0.25, -0.2) is 26.9 Å². The first-order valence-corrected chi connectivity index (χ1v) is 12.8. The molecule has 1 aliphatic heterocycles. The van der Waals surface area contributed by atoms with Crippen molar-refractivity contribution in [1.82, 2.24) is 14.8 Å². The van der Waals surface area contributed by atoms with E-state index in [0.717, 1.165) is 6.92 Å². The molecule has 3 aromatic rings. The summed E-state index contributed by atoms with van der Waals surface area (Å²) in [6.07, 6.45) is 1.47. The summed E-state index contributed by atoms with van der Waals surface area (Å²) in [6, 6.07) is 6.15. The molecular formula is C23H27F2N5O3S. The fraction of sp³-hybridized carbons (Fsp3) is 0.435. The molecule has 1 fully saturated rings. The normalized spacial score (nSPS) is 17.1. The number of hydrogen-bond donors (Lipinski definition) is 1. The minimum atomic E-state index is -3.05. The second kappa shape index (κ2) is 8.61. The number of halogens is 2. The zero-order chi connectivity index (χ0) is 24.8. The molecule has 1 atom stereocenters. The Balaban J connectivity index is 1.74. The van der Waals surface area contributed by atoms with Crippen LogP contribution in [-0.2, 0) is 22.8 Å². The number of aryl methyl sites for hydroxylation is 1. The summed E-state index contributed by atoms with van der Waals surface area (Å²) in [5, 5.41) is 8.54. The van der Waals surface area contributed by atoms with E-state index in [0.29, 0.717) is 46.6 Å². The average molecular weight is 492 g/mol. The standard InChI is InChI=1S/C23H27F2N5O3S/c1-14-16(6-5-7-19(14)23(3,24)25)15(2)27-21-17-12-20(30-8-10-34(32,33)11-9-30)26-13-18(17)22(31)29(4)28-21/h5-7,12-13,15H,8-11H2,1-4H3,(H,27,28)/t15-/m1/s1. The second-order valence-corrected chi connectivity index (χ2v) is 11.1. The predicted octanol–water partition coefficient (Wildman–Crippen LogP) is 3.16. The number of aromatic nitrogens is 3. The maximum absolute atomic E-state index is 14.0. The predicted molar refractivity (Wildman–Crippen MR) is 128 cm³/mol. The first-order chi connectivity index (χ1) is 15.9. The molecule has 3 heterocycles. The lowest BCUT2D eigenvalue weighted by Crippen LogP contribution is -2.40. The van der Waals surface area contributed by atoms with E-state index in [1.807, 2.05) is 11.8 Å². The lowest BCUT2D eigenvalue weighted by Gasteiger charge is -2.28. The first-order valence-electron chi connectivity index (χ1n) is 10.9. The van der Waals surface area contributed by atoms with Crippen molar-refractivity contribution >= 4 is 32.2 Å². The molecule has 34 heavy (non-hydrogen) atoms. The van der Waals surface area contributed by atoms with Crippen LogP contribution in [-0.4, -0.2) is 47.8 Å². The van der Waals surface area contributed by atoms with Gasteiger partial charge in [0, 0.05) is 44.2 Å². The van der Waals surface area contributed by atoms with Crippen molar-refractivity contribution in [3.63, 3.8) is 0 Å². The number of hydrogen-bond acceptors (Lipinski definition) is 7. The van der Waals surface area contributed by atoms with E-state index in [4.69, 9.17) is 0 Å². The van der Waals surface area contributed by atoms with Crippen molar-refractivity contribution in [3.05, 3.63) is 57.5 Å². The molecule has 4 rings (SSSR count). The Bertz CT molecular complexity index is 1400. The number of nitrogens with one attached hydrogen (secondary N) is 1. The molecule has 0 amide bonds. The van der Waals surface area contributed by atoms with Gasteiger partial charge >= 0.3 is 0 Å². The molecule has 0 aliphatic carbocycles. The Labute approximate surface area is 196 Å². The maximum Gasteiger partial charge on any atom is 0.276 e. The molecular weight excluding hydrogens is 464 g/mol. The largest absolute Gasteiger partial charge is 0.362 e. The van der Waals surface area contributed by atoms with Gasteiger partial charge in [0.15, 0.2) is 15.7 Å². The summed E-state index contributed by atoms with van der Waals surface area (Å²) >= 11 is 0. The Kier molecular flexibility index (Phi) is 6.09. The minimum Gasteiger partial charge on any atom is -0.362 e. The Morgan fingerprint density at radius 1 is 1.18 bits per heavy atom. The molecule has 0 spiro atoms. The van der Waals surface area contributed by atoms with Crippen molar-refractivity contribution in [2.45, 2.75) is 32.7 Å². The van der Waals surface area contributed by atoms with Crippen LogP contribution in [0.5, 0.6) is 0 Å². The van der Waals surface area contributed by atoms with Gasteiger partial charge in [-0.05, 0) is 31.0 Å². The van der Waals surface area contributed by atoms with Gasteiger partial charge in [-0.15, -0.1) is 0 Å². The van der Waals surface area contributed by atoms with E-state index >= 15 is 0 Å². The minimum absolute atomic E-state index is 0.0385. The van der Waals surface area contributed by atoms with E-state index in [9.17, 15) is 22.0 Å². The summed E-state index contributed by atoms with van der Waals surface area (Å²) in [6.45, 7) is 5.01. The van der Waals surface area contributed by atoms with Gasteiger partial charge in [0.1, 0.15) is 5.82 Å². The van der Waals surface area contributed by atoms with Crippen molar-refractivity contribution in [2.75, 3.05) is 34.8 Å². The number of fused-ring (bicyclic) bond motifs is 1. The number of anilines is 2. The van der Waals surface area contributed by atoms with Crippen LogP contribution in [0.1, 0.15) is 36.6 Å². The Hall–Kier alpha value is -3.08. The van der Waals surface area contributed by atoms with Crippen LogP contribution < -0.4 is 15.8 Å². The van der Waals surface area contributed by atoms with Crippen LogP contribution in [0.25, 0.3) is 10.8 Å². The van der Waals surface area contributed by atoms with Crippen LogP contribution in [0.2, 0.25) is 0 Å². The lowest BCUT2D eigenvalue weighted by atomic mass is 9.94. The van der Waals surface area contributed by atoms with Crippen molar-refractivity contribution in [1.29, 1.82) is 0 Å². The monoisotopic (exact) mass is 491 g/mol. The number of pyridine rings is 1. The van der Waals surface area contributed by atoms with Crippen LogP contribution >= 0.6 is 0 Å². The van der Waals surface area contributed by atoms with Crippen LogP contribution in [0.15, 0.2) is 35.3 Å². The van der Waals surface area contributed by atoms with Crippen LogP contribution in [0.3, 0.4) is 0 Å². The Morgan fingerprint density at radius 3 is 2.50 bits per heavy atom. The number of rotatable bonds is 5. The average Bonchev–Trinajstić information content (AvgIpc) is 2.76. The lowest BCUT2D eigenvalue weighted by molar-refractivity contribution is 0.0167. The summed E-state index contributed by atoms with van der Waals surface area (Å²) in [4.78, 5) is 18.9. The van der Waals surface area contributed by atoms with Crippen molar-refractivity contribution in [3.8, 4) is 0 Å². The molecule has 0 radical (unpaired) electrons. The summed E-state index contributed by atoms with van der Waals surface area (Å²) in [5.74, 6) is -1.92. The zero-order valence-corrected chi connectivity index (χ0v) is 20.3. The van der Waals surface area contributed by atoms with Gasteiger partial charge in [-0.3, -0.25) is 4.79 Å². The molecule has 1 aliphatic rings. The summed E-state index contributed by atoms with van der Waals surface area (Å²) in [5.41, 5.74) is 0.820. The van der Waals surface area contributed by atoms with Crippen LogP contribution in [0, 0.1) is 6.92 Å². The van der Waals surface area contributed by atoms with E-state index in [-0.39, 0.29) is 28.7 Å². The second-order valence-electron chi connectivity index (χ2n) is 8.78. The highest BCUT2D eigenvalue weighted by Crippen LogP contribution is 2.34. The van der Waals surface area contributed by atoms with Crippen molar-refractivity contribution < 1.29 is 17.2 Å². The van der Waals surface area contributed by atoms with Gasteiger partial charge in [0.25, 0.3) is 11.5 Å². The highest BCUT2D eigenvalue weighted by molar-refractivity contribution is 7.91. The smallest absolute Gasteiger partial charge is 0.276 e. The molecule has 0 bridgehead atoms. The molecule has 1 aromatic carbocycles. The van der Waals surface area contributed by atoms with Gasteiger partial charge in [0.05, 0.1) is 22.9 Å². The van der Waals surface area contributed by atoms with E-state index in [1.54, 1.807) is 25.1 Å². The molecule has 8 nitrogen and oxygen atoms in total. The molecule has 182 valence electrons. The number of benzene rings is 1. The third-order valence-corrected chi connectivity index (χ3v) is 7.86. The zero-order valence-electron chi connectivity index (χ0n) is 19.5. The molecule has 0 saturated carbocycles. The number of nitrogens with zero attached hydrogens (tertiary/aromatic N) is 4. The maximum atomic E-state index is 14.0. The third-order valence-electron chi connectivity index (χ3n) is 6.26. The number of sulfone groups is 1. The van der Waals surface area contributed by atoms with Gasteiger partial charge in [0.2, 0.25) is 0 Å². The topological polar surface area (TPSA) is 97.2 Å². The van der Waals surface area contributed by atoms with Gasteiger partial charge in [-0.2, -0.15) is 5.10 Å². The number of alkyl halides is 2. The van der Waals surface area contributed by atoms with E-state index < -0.39 is 15.8 Å². The molecule has 2 aromatic heterocycles. The van der Waals surface area contributed by atoms with E-state index in [1.165, 1.54) is 24.0 Å². The van der Waals surface area contributed by atoms with Crippen molar-refractivity contribution in [2.24, 2.45) is 7.05 Å². The SMILES string of the molecule is Cc1c([C@@H](C)Nc2nn(C)c(=O)c3cnc(N4CCS(=O)(=O)CC4)cc23)cccc1C(C)(F)F. The van der Waals surface area contributed by atoms with Gasteiger partial charge < -0.3 is 10.2 Å². The quantitative estimate of drug-likeness (QED) is 0.586. The fourth-order valence-corrected chi connectivity index (χ4v) is 5.54. The highest BCUT2D eigenvalue weighted by Gasteiger charge is 2.28. The van der Waals surface area contributed by atoms with Gasteiger partial charge in [-0.1, -0.05) is 18.2 Å². The molecule has 1 N–H and O–H groups in total. The third kappa shape index (κ3) is 4.61.